The molecule has 0 radical (unpaired) electrons. The fraction of sp³-hybridized carbons (Fsp3) is 0.769. The van der Waals surface area contributed by atoms with Crippen LogP contribution in [0.2, 0.25) is 0 Å². The van der Waals surface area contributed by atoms with Gasteiger partial charge in [-0.2, -0.15) is 0 Å². The molecule has 1 heterocycles. The third kappa shape index (κ3) is 21.7. The normalized spacial score (nSPS) is 27.2. The van der Waals surface area contributed by atoms with Gasteiger partial charge in [0.25, 0.3) is 0 Å². The number of amides is 11. The summed E-state index contributed by atoms with van der Waals surface area (Å²) in [6.07, 6.45) is 4.31. The van der Waals surface area contributed by atoms with Crippen LogP contribution in [0.1, 0.15) is 163 Å². The highest BCUT2D eigenvalue weighted by Crippen LogP contribution is 2.26. The summed E-state index contributed by atoms with van der Waals surface area (Å²) in [6, 6.07) is -13.8. The zero-order valence-electron chi connectivity index (χ0n) is 57.9. The van der Waals surface area contributed by atoms with Crippen molar-refractivity contribution < 1.29 is 57.8 Å². The van der Waals surface area contributed by atoms with Crippen LogP contribution < -0.4 is 21.3 Å². The van der Waals surface area contributed by atoms with Gasteiger partial charge in [-0.15, -0.1) is 6.58 Å². The SMILES string of the molecule is C=CCC1C(=O)N(C)[C@@H](CC(C)C)C(=O)NC(C(C)C)C(=O)N(C)[C@@H](CC(C)C)C(=O)N[C@@H](C)C(=O)N[C@H](C)C(=O)N(C)[C@@H](CC(C)C)C(=O)N(C)[C@@H](CC(C)C)C(=O)N(C)[C@@H](C(C)C)C(=O)N(C)[C@@H]([C@H](O)[C@H](C)C/C=C/C)C(=O)N[C@@H](CC)C(=O)N1C. The number of aliphatic hydroxyl groups excluding tert-OH is 1. The highest BCUT2D eigenvalue weighted by Gasteiger charge is 2.46. The van der Waals surface area contributed by atoms with Crippen LogP contribution in [-0.2, 0) is 52.7 Å². The van der Waals surface area contributed by atoms with Crippen molar-refractivity contribution in [2.75, 3.05) is 49.3 Å². The quantitative estimate of drug-likeness (QED) is 0.128. The lowest BCUT2D eigenvalue weighted by Gasteiger charge is -2.41. The lowest BCUT2D eigenvalue weighted by Crippen LogP contribution is -2.64. The molecule has 1 saturated heterocycles. The number of nitrogens with zero attached hydrogens (tertiary/aromatic N) is 7. The topological polar surface area (TPSA) is 279 Å². The van der Waals surface area contributed by atoms with Gasteiger partial charge in [-0.1, -0.05) is 115 Å². The van der Waals surface area contributed by atoms with Crippen molar-refractivity contribution in [2.45, 2.75) is 235 Å². The summed E-state index contributed by atoms with van der Waals surface area (Å²) in [5, 5.41) is 23.2. The summed E-state index contributed by atoms with van der Waals surface area (Å²) in [6.45, 7) is 33.7. The summed E-state index contributed by atoms with van der Waals surface area (Å²) < 4.78 is 0. The number of likely N-dealkylation sites (N-methyl/N-ethyl adjacent to an activating group) is 7. The summed E-state index contributed by atoms with van der Waals surface area (Å²) in [5.74, 6) is -9.92. The van der Waals surface area contributed by atoms with Gasteiger partial charge < -0.3 is 60.7 Å². The summed E-state index contributed by atoms with van der Waals surface area (Å²) >= 11 is 0. The third-order valence-corrected chi connectivity index (χ3v) is 16.8. The van der Waals surface area contributed by atoms with Gasteiger partial charge in [0.1, 0.15) is 66.5 Å². The van der Waals surface area contributed by atoms with Gasteiger partial charge in [0.15, 0.2) is 0 Å². The fourth-order valence-corrected chi connectivity index (χ4v) is 11.2. The van der Waals surface area contributed by atoms with E-state index in [-0.39, 0.29) is 62.2 Å². The van der Waals surface area contributed by atoms with Crippen LogP contribution >= 0.6 is 0 Å². The molecular weight excluding hydrogens is 1130 g/mol. The average molecular weight is 1240 g/mol. The molecule has 0 aliphatic carbocycles. The first-order valence-corrected chi connectivity index (χ1v) is 31.7. The van der Waals surface area contributed by atoms with E-state index < -0.39 is 155 Å². The van der Waals surface area contributed by atoms with E-state index in [4.69, 9.17) is 0 Å². The molecule has 2 unspecified atom stereocenters. The molecule has 5 N–H and O–H groups in total. The Balaban J connectivity index is 4.45. The number of nitrogens with one attached hydrogen (secondary N) is 4. The Hall–Kier alpha value is -6.39. The van der Waals surface area contributed by atoms with E-state index in [1.54, 1.807) is 60.6 Å². The van der Waals surface area contributed by atoms with Crippen LogP contribution in [0.15, 0.2) is 24.8 Å². The molecule has 1 rings (SSSR count). The van der Waals surface area contributed by atoms with Gasteiger partial charge in [-0.05, 0) is 107 Å². The third-order valence-electron chi connectivity index (χ3n) is 16.8. The van der Waals surface area contributed by atoms with Crippen molar-refractivity contribution in [3.63, 3.8) is 0 Å². The maximum atomic E-state index is 15.2. The zero-order chi connectivity index (χ0) is 68.3. The van der Waals surface area contributed by atoms with Crippen LogP contribution in [0.5, 0.6) is 0 Å². The molecule has 0 aromatic carbocycles. The van der Waals surface area contributed by atoms with Crippen molar-refractivity contribution >= 4 is 65.0 Å². The largest absolute Gasteiger partial charge is 0.390 e. The van der Waals surface area contributed by atoms with Crippen LogP contribution in [0.4, 0.5) is 0 Å². The van der Waals surface area contributed by atoms with E-state index in [9.17, 15) is 48.3 Å². The van der Waals surface area contributed by atoms with Crippen molar-refractivity contribution in [2.24, 2.45) is 41.4 Å². The molecule has 0 aromatic rings. The Morgan fingerprint density at radius 3 is 1.26 bits per heavy atom. The average Bonchev–Trinajstić information content (AvgIpc) is 1.37. The van der Waals surface area contributed by atoms with Crippen LogP contribution in [0, 0.1) is 41.4 Å². The van der Waals surface area contributed by atoms with E-state index in [2.05, 4.69) is 27.8 Å². The Bertz CT molecular complexity index is 2430. The number of carbonyl (C=O) groups is 11. The van der Waals surface area contributed by atoms with Crippen molar-refractivity contribution in [3.8, 4) is 0 Å². The molecule has 0 saturated carbocycles. The molecule has 11 amide bonds. The summed E-state index contributed by atoms with van der Waals surface area (Å²) in [4.78, 5) is 171. The van der Waals surface area contributed by atoms with Gasteiger partial charge in [-0.25, -0.2) is 0 Å². The standard InChI is InChI=1S/C65H115N11O12/c1-26-29-31-42(16)54(77)53-58(81)68-45(28-3)60(83)70(19)46(30-27-2)61(84)71(20)48(33-37(6)7)57(80)69-51(40(12)13)64(87)72(21)47(32-36(4)5)56(79)66-43(17)55(78)67-44(18)59(82)73(22)49(34-38(8)9)62(85)74(23)50(35-39(10)11)63(86)75(24)52(41(14)15)65(88)76(53)25/h26-27,29,36-54,77H,2,28,30-35H2,1,3-25H3,(H,66,79)(H,67,78)(H,68,81)(H,69,80)/b29-26+/t42-,43+,44-,45+,46?,47+,48+,49+,50+,51?,52+,53+,54-/m1/s1. The molecule has 88 heavy (non-hydrogen) atoms. The number of hydrogen-bond acceptors (Lipinski definition) is 12. The predicted octanol–water partition coefficient (Wildman–Crippen LogP) is 4.21. The van der Waals surface area contributed by atoms with Crippen molar-refractivity contribution in [1.82, 2.24) is 55.6 Å². The Labute approximate surface area is 527 Å². The molecule has 1 fully saturated rings. The van der Waals surface area contributed by atoms with Crippen molar-refractivity contribution in [3.05, 3.63) is 24.8 Å². The fourth-order valence-electron chi connectivity index (χ4n) is 11.2. The second kappa shape index (κ2) is 36.3. The predicted molar refractivity (Wildman–Crippen MR) is 342 cm³/mol. The number of aliphatic hydroxyl groups is 1. The zero-order valence-corrected chi connectivity index (χ0v) is 57.9. The highest BCUT2D eigenvalue weighted by molar-refractivity contribution is 6.00. The molecule has 502 valence electrons. The lowest BCUT2D eigenvalue weighted by molar-refractivity contribution is -0.157. The minimum absolute atomic E-state index is 0.00410. The second-order valence-corrected chi connectivity index (χ2v) is 26.8. The summed E-state index contributed by atoms with van der Waals surface area (Å²) in [5.41, 5.74) is 0. The van der Waals surface area contributed by atoms with E-state index in [1.165, 1.54) is 98.7 Å². The summed E-state index contributed by atoms with van der Waals surface area (Å²) in [7, 11) is 9.95. The number of rotatable bonds is 17. The number of hydrogen-bond donors (Lipinski definition) is 5. The first kappa shape index (κ1) is 79.6. The van der Waals surface area contributed by atoms with Crippen LogP contribution in [0.25, 0.3) is 0 Å². The minimum Gasteiger partial charge on any atom is -0.390 e. The van der Waals surface area contributed by atoms with E-state index in [0.717, 1.165) is 4.90 Å². The van der Waals surface area contributed by atoms with E-state index in [0.29, 0.717) is 6.42 Å². The Morgan fingerprint density at radius 2 is 0.830 bits per heavy atom. The van der Waals surface area contributed by atoms with Gasteiger partial charge >= 0.3 is 0 Å². The molecule has 0 aromatic heterocycles. The first-order valence-electron chi connectivity index (χ1n) is 31.7. The van der Waals surface area contributed by atoms with Gasteiger partial charge in [0, 0.05) is 49.3 Å². The molecule has 0 spiro atoms. The highest BCUT2D eigenvalue weighted by atomic mass is 16.3. The molecule has 0 bridgehead atoms. The van der Waals surface area contributed by atoms with Crippen LogP contribution in [-0.4, -0.2) is 226 Å². The maximum absolute atomic E-state index is 15.2. The molecule has 23 heteroatoms. The molecule has 23 nitrogen and oxygen atoms in total. The van der Waals surface area contributed by atoms with Gasteiger partial charge in [0.05, 0.1) is 6.10 Å². The second-order valence-electron chi connectivity index (χ2n) is 26.8. The van der Waals surface area contributed by atoms with Crippen molar-refractivity contribution in [1.29, 1.82) is 0 Å². The Morgan fingerprint density at radius 1 is 0.443 bits per heavy atom. The minimum atomic E-state index is -1.63. The maximum Gasteiger partial charge on any atom is 0.246 e. The number of allylic oxidation sites excluding steroid dienone is 2. The lowest BCUT2D eigenvalue weighted by atomic mass is 9.91. The Kier molecular flexibility index (Phi) is 32.9. The van der Waals surface area contributed by atoms with E-state index in [1.807, 2.05) is 55.4 Å². The van der Waals surface area contributed by atoms with Gasteiger partial charge in [-0.3, -0.25) is 52.7 Å². The molecule has 1 aliphatic rings. The number of carbonyl (C=O) groups excluding carboxylic acids is 11. The van der Waals surface area contributed by atoms with E-state index >= 15 is 9.59 Å². The van der Waals surface area contributed by atoms with Crippen LogP contribution in [0.3, 0.4) is 0 Å². The first-order chi connectivity index (χ1) is 40.7. The smallest absolute Gasteiger partial charge is 0.246 e. The van der Waals surface area contributed by atoms with Gasteiger partial charge in [0.2, 0.25) is 65.0 Å². The monoisotopic (exact) mass is 1240 g/mol. The molecule has 13 atom stereocenters. The molecular formula is C65H115N11O12. The molecule has 1 aliphatic heterocycles.